The van der Waals surface area contributed by atoms with Crippen LogP contribution >= 0.6 is 0 Å². The van der Waals surface area contributed by atoms with Gasteiger partial charge in [-0.05, 0) is 73.3 Å². The Morgan fingerprint density at radius 3 is 2.35 bits per heavy atom. The number of ketones is 1. The number of carbonyl (C=O) groups excluding carboxylic acids is 2. The summed E-state index contributed by atoms with van der Waals surface area (Å²) in [5, 5.41) is 3.01. The highest BCUT2D eigenvalue weighted by atomic mass is 32.2. The van der Waals surface area contributed by atoms with Crippen LogP contribution in [0.5, 0.6) is 0 Å². The molecule has 192 valence electrons. The van der Waals surface area contributed by atoms with Crippen LogP contribution in [-0.2, 0) is 22.0 Å². The zero-order valence-electron chi connectivity index (χ0n) is 21.1. The highest BCUT2D eigenvalue weighted by molar-refractivity contribution is 7.89. The quantitative estimate of drug-likeness (QED) is 0.450. The molecule has 3 aromatic carbocycles. The summed E-state index contributed by atoms with van der Waals surface area (Å²) in [5.41, 5.74) is 5.44. The minimum absolute atomic E-state index is 0.0317. The Morgan fingerprint density at radius 1 is 0.973 bits per heavy atom. The molecule has 2 amide bonds. The van der Waals surface area contributed by atoms with Crippen LogP contribution in [0.1, 0.15) is 54.1 Å². The summed E-state index contributed by atoms with van der Waals surface area (Å²) < 4.78 is 26.2. The van der Waals surface area contributed by atoms with E-state index in [2.05, 4.69) is 16.1 Å². The molecule has 2 aliphatic rings. The fourth-order valence-corrected chi connectivity index (χ4v) is 6.45. The molecule has 5 rings (SSSR count). The van der Waals surface area contributed by atoms with Gasteiger partial charge in [0.2, 0.25) is 10.0 Å². The first-order valence-corrected chi connectivity index (χ1v) is 14.1. The lowest BCUT2D eigenvalue weighted by Gasteiger charge is -2.25. The third-order valence-corrected chi connectivity index (χ3v) is 9.12. The molecular formula is C29H31N3O4S. The van der Waals surface area contributed by atoms with Crippen LogP contribution in [0.4, 0.5) is 10.5 Å². The molecule has 1 saturated carbocycles. The van der Waals surface area contributed by atoms with Crippen LogP contribution in [0.15, 0.2) is 71.6 Å². The fraction of sp³-hybridized carbons (Fsp3) is 0.310. The molecule has 1 aliphatic heterocycles. The van der Waals surface area contributed by atoms with Gasteiger partial charge >= 0.3 is 6.03 Å². The third kappa shape index (κ3) is 4.67. The number of benzene rings is 3. The van der Waals surface area contributed by atoms with Crippen molar-refractivity contribution < 1.29 is 18.0 Å². The minimum Gasteiger partial charge on any atom is -0.334 e. The summed E-state index contributed by atoms with van der Waals surface area (Å²) >= 11 is 0. The number of hydrogen-bond acceptors (Lipinski definition) is 4. The normalized spacial score (nSPS) is 16.1. The number of nitrogens with zero attached hydrogens (tertiary/aromatic N) is 1. The van der Waals surface area contributed by atoms with E-state index in [0.29, 0.717) is 18.7 Å². The SMILES string of the molecule is CNS(=O)(=O)c1ccc(CNC(=O)N2CC3(CCCC3)c3cc(-c4ccccc4C(C)=O)ccc32)cc1. The van der Waals surface area contributed by atoms with E-state index >= 15 is 0 Å². The van der Waals surface area contributed by atoms with Crippen molar-refractivity contribution in [2.24, 2.45) is 0 Å². The summed E-state index contributed by atoms with van der Waals surface area (Å²) in [6, 6.07) is 20.2. The van der Waals surface area contributed by atoms with Crippen LogP contribution in [0.3, 0.4) is 0 Å². The second-order valence-electron chi connectivity index (χ2n) is 9.92. The van der Waals surface area contributed by atoms with Crippen molar-refractivity contribution in [1.82, 2.24) is 10.0 Å². The molecule has 3 aromatic rings. The Morgan fingerprint density at radius 2 is 1.68 bits per heavy atom. The molecule has 7 nitrogen and oxygen atoms in total. The number of amides is 2. The average molecular weight is 518 g/mol. The number of Topliss-reactive ketones (excluding diaryl/α,β-unsaturated/α-hetero) is 1. The summed E-state index contributed by atoms with van der Waals surface area (Å²) in [5.74, 6) is 0.0317. The average Bonchev–Trinajstić information content (AvgIpc) is 3.52. The molecule has 2 N–H and O–H groups in total. The maximum absolute atomic E-state index is 13.4. The fourth-order valence-electron chi connectivity index (χ4n) is 5.72. The van der Waals surface area contributed by atoms with E-state index in [1.807, 2.05) is 41.3 Å². The molecule has 0 atom stereocenters. The molecule has 0 aromatic heterocycles. The molecule has 0 radical (unpaired) electrons. The van der Waals surface area contributed by atoms with Crippen molar-refractivity contribution in [3.8, 4) is 11.1 Å². The second-order valence-corrected chi connectivity index (χ2v) is 11.8. The van der Waals surface area contributed by atoms with Gasteiger partial charge in [-0.15, -0.1) is 0 Å². The first-order valence-electron chi connectivity index (χ1n) is 12.6. The van der Waals surface area contributed by atoms with Crippen molar-refractivity contribution in [3.05, 3.63) is 83.4 Å². The predicted octanol–water partition coefficient (Wildman–Crippen LogP) is 5.01. The molecule has 0 bridgehead atoms. The van der Waals surface area contributed by atoms with E-state index in [-0.39, 0.29) is 22.1 Å². The van der Waals surface area contributed by atoms with E-state index in [1.54, 1.807) is 19.1 Å². The zero-order chi connectivity index (χ0) is 26.2. The smallest absolute Gasteiger partial charge is 0.322 e. The van der Waals surface area contributed by atoms with E-state index in [4.69, 9.17) is 0 Å². The van der Waals surface area contributed by atoms with Gasteiger partial charge in [-0.3, -0.25) is 9.69 Å². The standard InChI is InChI=1S/C29H31N3O4S/c1-20(33)24-7-3-4-8-25(24)22-11-14-27-26(17-22)29(15-5-6-16-29)19-32(27)28(34)31-18-21-9-12-23(13-10-21)37(35,36)30-2/h3-4,7-14,17,30H,5-6,15-16,18-19H2,1-2H3,(H,31,34). The highest BCUT2D eigenvalue weighted by Crippen LogP contribution is 2.51. The van der Waals surface area contributed by atoms with Crippen molar-refractivity contribution in [1.29, 1.82) is 0 Å². The Labute approximate surface area is 217 Å². The van der Waals surface area contributed by atoms with Crippen LogP contribution in [-0.4, -0.2) is 33.8 Å². The molecule has 1 aliphatic carbocycles. The Kier molecular flexibility index (Phi) is 6.64. The largest absolute Gasteiger partial charge is 0.334 e. The van der Waals surface area contributed by atoms with E-state index in [0.717, 1.165) is 48.1 Å². The number of hydrogen-bond donors (Lipinski definition) is 2. The zero-order valence-corrected chi connectivity index (χ0v) is 21.9. The van der Waals surface area contributed by atoms with Crippen LogP contribution < -0.4 is 14.9 Å². The first-order chi connectivity index (χ1) is 17.7. The van der Waals surface area contributed by atoms with Crippen molar-refractivity contribution >= 4 is 27.5 Å². The molecule has 0 saturated heterocycles. The number of carbonyl (C=O) groups is 2. The lowest BCUT2D eigenvalue weighted by atomic mass is 9.79. The molecule has 1 spiro atoms. The van der Waals surface area contributed by atoms with Gasteiger partial charge in [0, 0.05) is 29.8 Å². The molecular weight excluding hydrogens is 486 g/mol. The van der Waals surface area contributed by atoms with E-state index in [9.17, 15) is 18.0 Å². The highest BCUT2D eigenvalue weighted by Gasteiger charge is 2.46. The maximum Gasteiger partial charge on any atom is 0.322 e. The van der Waals surface area contributed by atoms with Gasteiger partial charge in [0.05, 0.1) is 4.90 Å². The Hall–Kier alpha value is -3.49. The van der Waals surface area contributed by atoms with E-state index in [1.165, 1.54) is 24.7 Å². The first kappa shape index (κ1) is 25.2. The number of urea groups is 1. The Bertz CT molecular complexity index is 1460. The van der Waals surface area contributed by atoms with Crippen LogP contribution in [0, 0.1) is 0 Å². The van der Waals surface area contributed by atoms with Crippen molar-refractivity contribution in [2.75, 3.05) is 18.5 Å². The maximum atomic E-state index is 13.4. The van der Waals surface area contributed by atoms with Crippen LogP contribution in [0.25, 0.3) is 11.1 Å². The summed E-state index contributed by atoms with van der Waals surface area (Å²) in [6.45, 7) is 2.51. The topological polar surface area (TPSA) is 95.6 Å². The lowest BCUT2D eigenvalue weighted by Crippen LogP contribution is -2.41. The third-order valence-electron chi connectivity index (χ3n) is 7.69. The summed E-state index contributed by atoms with van der Waals surface area (Å²) in [7, 11) is -2.13. The molecule has 0 unspecified atom stereocenters. The van der Waals surface area contributed by atoms with Gasteiger partial charge in [0.15, 0.2) is 5.78 Å². The lowest BCUT2D eigenvalue weighted by molar-refractivity contribution is 0.101. The number of fused-ring (bicyclic) bond motifs is 2. The van der Waals surface area contributed by atoms with Gasteiger partial charge in [-0.2, -0.15) is 0 Å². The van der Waals surface area contributed by atoms with Gasteiger partial charge in [0.25, 0.3) is 0 Å². The van der Waals surface area contributed by atoms with Crippen molar-refractivity contribution in [3.63, 3.8) is 0 Å². The number of sulfonamides is 1. The number of rotatable bonds is 6. The Balaban J connectivity index is 1.40. The number of anilines is 1. The van der Waals surface area contributed by atoms with Gasteiger partial charge < -0.3 is 5.32 Å². The second kappa shape index (κ2) is 9.76. The monoisotopic (exact) mass is 517 g/mol. The predicted molar refractivity (Wildman–Crippen MR) is 144 cm³/mol. The van der Waals surface area contributed by atoms with E-state index < -0.39 is 10.0 Å². The molecule has 1 heterocycles. The number of nitrogens with one attached hydrogen (secondary N) is 2. The van der Waals surface area contributed by atoms with Crippen LogP contribution in [0.2, 0.25) is 0 Å². The van der Waals surface area contributed by atoms with Crippen molar-refractivity contribution in [2.45, 2.75) is 49.5 Å². The summed E-state index contributed by atoms with van der Waals surface area (Å²) in [4.78, 5) is 27.6. The van der Waals surface area contributed by atoms with Gasteiger partial charge in [-0.25, -0.2) is 17.9 Å². The molecule has 37 heavy (non-hydrogen) atoms. The van der Waals surface area contributed by atoms with Gasteiger partial charge in [-0.1, -0.05) is 55.3 Å². The molecule has 8 heteroatoms. The molecule has 1 fully saturated rings. The summed E-state index contributed by atoms with van der Waals surface area (Å²) in [6.07, 6.45) is 4.32. The minimum atomic E-state index is -3.50. The van der Waals surface area contributed by atoms with Gasteiger partial charge in [0.1, 0.15) is 0 Å².